The lowest BCUT2D eigenvalue weighted by Crippen LogP contribution is -2.27. The Morgan fingerprint density at radius 3 is 2.33 bits per heavy atom. The van der Waals surface area contributed by atoms with E-state index in [4.69, 9.17) is 13.8 Å². The summed E-state index contributed by atoms with van der Waals surface area (Å²) in [5, 5.41) is 7.86. The Hall–Kier alpha value is -3.23. The number of carbonyl (C=O) groups excluding carboxylic acids is 2. The van der Waals surface area contributed by atoms with Gasteiger partial charge in [0.1, 0.15) is 5.60 Å². The number of hydrogen-bond acceptors (Lipinski definition) is 7. The second-order valence-electron chi connectivity index (χ2n) is 8.64. The maximum atomic E-state index is 12.8. The quantitative estimate of drug-likeness (QED) is 0.255. The van der Waals surface area contributed by atoms with Gasteiger partial charge in [-0.1, -0.05) is 24.3 Å². The molecule has 0 aliphatic carbocycles. The molecule has 36 heavy (non-hydrogen) atoms. The van der Waals surface area contributed by atoms with Gasteiger partial charge in [0.05, 0.1) is 16.7 Å². The Bertz CT molecular complexity index is 1290. The Labute approximate surface area is 214 Å². The smallest absolute Gasteiger partial charge is 0.412 e. The Kier molecular flexibility index (Phi) is 8.87. The number of amides is 2. The molecule has 190 valence electrons. The van der Waals surface area contributed by atoms with E-state index in [9.17, 15) is 14.2 Å². The zero-order valence-electron chi connectivity index (χ0n) is 20.7. The Morgan fingerprint density at radius 1 is 0.944 bits per heavy atom. The summed E-state index contributed by atoms with van der Waals surface area (Å²) >= 11 is 1.56. The average Bonchev–Trinajstić information content (AvgIpc) is 3.37. The Balaban J connectivity index is 1.83. The van der Waals surface area contributed by atoms with Gasteiger partial charge in [0.2, 0.25) is 5.91 Å². The summed E-state index contributed by atoms with van der Waals surface area (Å²) in [6.07, 6.45) is 2.30. The minimum absolute atomic E-state index is 0.377. The first-order valence-corrected chi connectivity index (χ1v) is 13.4. The molecule has 0 saturated heterocycles. The van der Waals surface area contributed by atoms with E-state index < -0.39 is 25.2 Å². The number of anilines is 2. The molecule has 3 rings (SSSR count). The van der Waals surface area contributed by atoms with Gasteiger partial charge in [0, 0.05) is 25.2 Å². The lowest BCUT2D eigenvalue weighted by atomic mass is 10.1. The first kappa shape index (κ1) is 27.4. The van der Waals surface area contributed by atoms with Crippen LogP contribution >= 0.6 is 18.9 Å². The van der Waals surface area contributed by atoms with E-state index >= 15 is 0 Å². The van der Waals surface area contributed by atoms with Gasteiger partial charge < -0.3 is 19.1 Å². The van der Waals surface area contributed by atoms with E-state index in [1.54, 1.807) is 74.6 Å². The monoisotopic (exact) mass is 528 g/mol. The fourth-order valence-corrected chi connectivity index (χ4v) is 5.07. The maximum Gasteiger partial charge on any atom is 0.412 e. The number of rotatable bonds is 8. The maximum absolute atomic E-state index is 12.8. The van der Waals surface area contributed by atoms with Crippen molar-refractivity contribution in [2.24, 2.45) is 0 Å². The van der Waals surface area contributed by atoms with Crippen LogP contribution in [-0.4, -0.2) is 31.8 Å². The molecule has 3 aromatic rings. The SMILES string of the molecule is COP(=O)(OC)c1cccc(/C=C/C(=O)Nc2cc(-c3cccs3)ccc2NC(=O)OC(C)(C)C)c1. The standard InChI is InChI=1S/C26H29N2O6PS/c1-26(2,3)34-25(30)28-21-13-12-19(23-10-7-15-36-23)17-22(21)27-24(29)14-11-18-8-6-9-20(16-18)35(31,32-4)33-5/h6-17H,1-5H3,(H,27,29)(H,28,30)/b14-11+. The molecule has 0 atom stereocenters. The van der Waals surface area contributed by atoms with Crippen molar-refractivity contribution in [3.05, 3.63) is 71.6 Å². The van der Waals surface area contributed by atoms with Crippen molar-refractivity contribution in [2.75, 3.05) is 24.9 Å². The summed E-state index contributed by atoms with van der Waals surface area (Å²) in [6.45, 7) is 5.31. The number of carbonyl (C=O) groups is 2. The lowest BCUT2D eigenvalue weighted by molar-refractivity contribution is -0.111. The third-order valence-electron chi connectivity index (χ3n) is 4.81. The molecule has 2 amide bonds. The van der Waals surface area contributed by atoms with Crippen LogP contribution in [0, 0.1) is 0 Å². The molecule has 2 N–H and O–H groups in total. The predicted octanol–water partition coefficient (Wildman–Crippen LogP) is 6.53. The molecule has 1 heterocycles. The van der Waals surface area contributed by atoms with Crippen LogP contribution in [-0.2, 0) is 23.1 Å². The highest BCUT2D eigenvalue weighted by Gasteiger charge is 2.24. The van der Waals surface area contributed by atoms with E-state index in [0.717, 1.165) is 10.4 Å². The van der Waals surface area contributed by atoms with Crippen LogP contribution in [0.3, 0.4) is 0 Å². The first-order chi connectivity index (χ1) is 17.0. The second kappa shape index (κ2) is 11.7. The first-order valence-electron chi connectivity index (χ1n) is 11.0. The molecule has 0 aliphatic rings. The number of nitrogens with one attached hydrogen (secondary N) is 2. The summed E-state index contributed by atoms with van der Waals surface area (Å²) in [6, 6.07) is 16.0. The summed E-state index contributed by atoms with van der Waals surface area (Å²) in [5.74, 6) is -0.419. The summed E-state index contributed by atoms with van der Waals surface area (Å²) < 4.78 is 28.1. The Morgan fingerprint density at radius 2 is 1.69 bits per heavy atom. The highest BCUT2D eigenvalue weighted by molar-refractivity contribution is 7.62. The molecule has 8 nitrogen and oxygen atoms in total. The normalized spacial score (nSPS) is 11.9. The zero-order valence-corrected chi connectivity index (χ0v) is 22.4. The van der Waals surface area contributed by atoms with Crippen LogP contribution in [0.2, 0.25) is 0 Å². The van der Waals surface area contributed by atoms with E-state index in [1.165, 1.54) is 20.3 Å². The van der Waals surface area contributed by atoms with Gasteiger partial charge >= 0.3 is 13.7 Å². The van der Waals surface area contributed by atoms with Crippen molar-refractivity contribution < 1.29 is 27.9 Å². The molecule has 0 fully saturated rings. The van der Waals surface area contributed by atoms with E-state index in [2.05, 4.69) is 10.6 Å². The molecule has 0 aliphatic heterocycles. The van der Waals surface area contributed by atoms with E-state index in [0.29, 0.717) is 22.2 Å². The van der Waals surface area contributed by atoms with E-state index in [1.807, 2.05) is 23.6 Å². The van der Waals surface area contributed by atoms with Gasteiger partial charge in [-0.05, 0) is 73.7 Å². The minimum Gasteiger partial charge on any atom is -0.444 e. The molecule has 0 bridgehead atoms. The molecular formula is C26H29N2O6PS. The van der Waals surface area contributed by atoms with Crippen LogP contribution in [0.1, 0.15) is 26.3 Å². The third-order valence-corrected chi connectivity index (χ3v) is 7.60. The largest absolute Gasteiger partial charge is 0.444 e. The molecule has 1 aromatic heterocycles. The molecule has 0 saturated carbocycles. The van der Waals surface area contributed by atoms with Crippen LogP contribution in [0.25, 0.3) is 16.5 Å². The van der Waals surface area contributed by atoms with Crippen molar-refractivity contribution in [1.29, 1.82) is 0 Å². The molecule has 2 aromatic carbocycles. The van der Waals surface area contributed by atoms with Crippen LogP contribution in [0.15, 0.2) is 66.1 Å². The third kappa shape index (κ3) is 7.38. The second-order valence-corrected chi connectivity index (χ2v) is 11.8. The summed E-state index contributed by atoms with van der Waals surface area (Å²) in [5.41, 5.74) is 1.67. The molecule has 0 radical (unpaired) electrons. The fourth-order valence-electron chi connectivity index (χ4n) is 3.20. The van der Waals surface area contributed by atoms with Crippen molar-refractivity contribution >= 4 is 53.7 Å². The molecule has 0 unspecified atom stereocenters. The van der Waals surface area contributed by atoms with Crippen molar-refractivity contribution in [3.8, 4) is 10.4 Å². The van der Waals surface area contributed by atoms with Gasteiger partial charge in [-0.2, -0.15) is 0 Å². The van der Waals surface area contributed by atoms with Crippen molar-refractivity contribution in [2.45, 2.75) is 26.4 Å². The zero-order chi connectivity index (χ0) is 26.3. The van der Waals surface area contributed by atoms with Crippen LogP contribution in [0.4, 0.5) is 16.2 Å². The van der Waals surface area contributed by atoms with Crippen molar-refractivity contribution in [3.63, 3.8) is 0 Å². The van der Waals surface area contributed by atoms with Crippen LogP contribution in [0.5, 0.6) is 0 Å². The molecule has 0 spiro atoms. The molecule has 10 heteroatoms. The highest BCUT2D eigenvalue weighted by Crippen LogP contribution is 2.45. The predicted molar refractivity (Wildman–Crippen MR) is 145 cm³/mol. The number of hydrogen-bond donors (Lipinski definition) is 2. The average molecular weight is 529 g/mol. The van der Waals surface area contributed by atoms with Gasteiger partial charge in [0.15, 0.2) is 0 Å². The van der Waals surface area contributed by atoms with Gasteiger partial charge in [0.25, 0.3) is 0 Å². The van der Waals surface area contributed by atoms with E-state index in [-0.39, 0.29) is 0 Å². The minimum atomic E-state index is -3.41. The fraction of sp³-hybridized carbons (Fsp3) is 0.231. The number of thiophene rings is 1. The summed E-state index contributed by atoms with van der Waals surface area (Å²) in [4.78, 5) is 26.2. The van der Waals surface area contributed by atoms with Crippen molar-refractivity contribution in [1.82, 2.24) is 0 Å². The number of benzene rings is 2. The van der Waals surface area contributed by atoms with Gasteiger partial charge in [-0.15, -0.1) is 11.3 Å². The number of ether oxygens (including phenoxy) is 1. The van der Waals surface area contributed by atoms with Gasteiger partial charge in [-0.3, -0.25) is 14.7 Å². The topological polar surface area (TPSA) is 103 Å². The highest BCUT2D eigenvalue weighted by atomic mass is 32.1. The van der Waals surface area contributed by atoms with Gasteiger partial charge in [-0.25, -0.2) is 4.79 Å². The lowest BCUT2D eigenvalue weighted by Gasteiger charge is -2.20. The van der Waals surface area contributed by atoms with Crippen LogP contribution < -0.4 is 15.9 Å². The molecular weight excluding hydrogens is 499 g/mol. The summed E-state index contributed by atoms with van der Waals surface area (Å²) in [7, 11) is -0.787.